The van der Waals surface area contributed by atoms with Crippen LogP contribution in [-0.4, -0.2) is 53.2 Å². The zero-order valence-electron chi connectivity index (χ0n) is 15.8. The van der Waals surface area contributed by atoms with Crippen molar-refractivity contribution in [2.75, 3.05) is 38.4 Å². The second-order valence-corrected chi connectivity index (χ2v) is 8.77. The molecule has 1 saturated heterocycles. The highest BCUT2D eigenvalue weighted by atomic mass is 31.2. The standard InChI is InChI=1S/C18H26N3O5P/c1-12(10-27(22,23)24)13-4-6-21(7-5-13)18-14-8-16(25-2)17(26-3)9-15(14)19-11-20-18/h8-9,11-13H,4-7,10H2,1-3H3,(H2,22,23,24). The summed E-state index contributed by atoms with van der Waals surface area (Å²) in [5.41, 5.74) is 0.787. The smallest absolute Gasteiger partial charge is 0.325 e. The number of benzene rings is 1. The molecule has 0 bridgehead atoms. The summed E-state index contributed by atoms with van der Waals surface area (Å²) >= 11 is 0. The quantitative estimate of drug-likeness (QED) is 0.720. The normalized spacial score (nSPS) is 17.1. The minimum absolute atomic E-state index is 0.000480. The number of piperidine rings is 1. The topological polar surface area (TPSA) is 105 Å². The summed E-state index contributed by atoms with van der Waals surface area (Å²) in [4.78, 5) is 29.5. The van der Waals surface area contributed by atoms with E-state index in [-0.39, 0.29) is 12.1 Å². The van der Waals surface area contributed by atoms with Crippen LogP contribution in [0, 0.1) is 11.8 Å². The molecule has 0 aliphatic carbocycles. The summed E-state index contributed by atoms with van der Waals surface area (Å²) in [6, 6.07) is 3.74. The third kappa shape index (κ3) is 4.51. The Bertz CT molecular complexity index is 848. The van der Waals surface area contributed by atoms with Crippen LogP contribution in [0.1, 0.15) is 19.8 Å². The largest absolute Gasteiger partial charge is 0.493 e. The maximum Gasteiger partial charge on any atom is 0.325 e. The third-order valence-corrected chi connectivity index (χ3v) is 6.34. The SMILES string of the molecule is COc1cc2ncnc(N3CCC(C(C)CP(=O)(O)O)CC3)c2cc1OC. The number of ether oxygens (including phenoxy) is 2. The molecule has 0 spiro atoms. The Labute approximate surface area is 158 Å². The van der Waals surface area contributed by atoms with Crippen molar-refractivity contribution in [1.82, 2.24) is 9.97 Å². The molecule has 148 valence electrons. The van der Waals surface area contributed by atoms with Crippen LogP contribution in [0.4, 0.5) is 5.82 Å². The van der Waals surface area contributed by atoms with E-state index in [9.17, 15) is 14.4 Å². The van der Waals surface area contributed by atoms with Gasteiger partial charge in [-0.25, -0.2) is 9.97 Å². The number of methoxy groups -OCH3 is 2. The average Bonchev–Trinajstić information content (AvgIpc) is 2.65. The maximum absolute atomic E-state index is 11.3. The van der Waals surface area contributed by atoms with Gasteiger partial charge in [0.2, 0.25) is 0 Å². The average molecular weight is 395 g/mol. The van der Waals surface area contributed by atoms with Crippen LogP contribution >= 0.6 is 7.60 Å². The molecule has 2 heterocycles. The summed E-state index contributed by atoms with van der Waals surface area (Å²) < 4.78 is 22.0. The van der Waals surface area contributed by atoms with Crippen LogP contribution in [-0.2, 0) is 4.57 Å². The van der Waals surface area contributed by atoms with Crippen LogP contribution in [0.5, 0.6) is 11.5 Å². The highest BCUT2D eigenvalue weighted by Gasteiger charge is 2.29. The number of hydrogen-bond acceptors (Lipinski definition) is 6. The van der Waals surface area contributed by atoms with E-state index in [1.807, 2.05) is 19.1 Å². The molecule has 1 aromatic carbocycles. The second-order valence-electron chi connectivity index (χ2n) is 7.07. The van der Waals surface area contributed by atoms with Gasteiger partial charge in [0.1, 0.15) is 12.1 Å². The first-order chi connectivity index (χ1) is 12.8. The molecular formula is C18H26N3O5P. The summed E-state index contributed by atoms with van der Waals surface area (Å²) in [5.74, 6) is 2.41. The fourth-order valence-corrected chi connectivity index (χ4v) is 4.87. The predicted octanol–water partition coefficient (Wildman–Crippen LogP) is 2.68. The minimum atomic E-state index is -3.97. The summed E-state index contributed by atoms with van der Waals surface area (Å²) in [6.45, 7) is 3.50. The van der Waals surface area contributed by atoms with E-state index in [0.29, 0.717) is 17.4 Å². The monoisotopic (exact) mass is 395 g/mol. The van der Waals surface area contributed by atoms with Crippen molar-refractivity contribution >= 4 is 24.3 Å². The van der Waals surface area contributed by atoms with Gasteiger partial charge < -0.3 is 24.2 Å². The van der Waals surface area contributed by atoms with E-state index in [0.717, 1.165) is 42.7 Å². The molecule has 2 N–H and O–H groups in total. The maximum atomic E-state index is 11.3. The van der Waals surface area contributed by atoms with Crippen molar-refractivity contribution in [1.29, 1.82) is 0 Å². The Hall–Kier alpha value is -1.89. The first kappa shape index (κ1) is 19.9. The van der Waals surface area contributed by atoms with E-state index in [2.05, 4.69) is 14.9 Å². The molecule has 1 unspecified atom stereocenters. The summed E-state index contributed by atoms with van der Waals surface area (Å²) in [6.07, 6.45) is 3.25. The molecule has 27 heavy (non-hydrogen) atoms. The summed E-state index contributed by atoms with van der Waals surface area (Å²) in [7, 11) is -0.780. The van der Waals surface area contributed by atoms with E-state index in [4.69, 9.17) is 9.47 Å². The Morgan fingerprint density at radius 3 is 2.41 bits per heavy atom. The number of fused-ring (bicyclic) bond motifs is 1. The number of hydrogen-bond donors (Lipinski definition) is 2. The zero-order chi connectivity index (χ0) is 19.6. The number of nitrogens with zero attached hydrogens (tertiary/aromatic N) is 3. The molecule has 1 aliphatic heterocycles. The van der Waals surface area contributed by atoms with Crippen molar-refractivity contribution < 1.29 is 23.8 Å². The molecular weight excluding hydrogens is 369 g/mol. The molecule has 0 amide bonds. The Morgan fingerprint density at radius 1 is 1.19 bits per heavy atom. The second kappa shape index (κ2) is 8.00. The Kier molecular flexibility index (Phi) is 5.89. The molecule has 1 aromatic heterocycles. The number of rotatable bonds is 6. The van der Waals surface area contributed by atoms with Crippen LogP contribution < -0.4 is 14.4 Å². The van der Waals surface area contributed by atoms with Gasteiger partial charge in [0.15, 0.2) is 11.5 Å². The van der Waals surface area contributed by atoms with E-state index < -0.39 is 7.60 Å². The fraction of sp³-hybridized carbons (Fsp3) is 0.556. The lowest BCUT2D eigenvalue weighted by Crippen LogP contribution is -2.37. The first-order valence-electron chi connectivity index (χ1n) is 8.98. The molecule has 8 nitrogen and oxygen atoms in total. The molecule has 1 fully saturated rings. The third-order valence-electron chi connectivity index (χ3n) is 5.29. The van der Waals surface area contributed by atoms with Gasteiger partial charge in [-0.3, -0.25) is 4.57 Å². The van der Waals surface area contributed by atoms with Crippen molar-refractivity contribution in [3.05, 3.63) is 18.5 Å². The van der Waals surface area contributed by atoms with Crippen LogP contribution in [0.25, 0.3) is 10.9 Å². The van der Waals surface area contributed by atoms with E-state index in [1.165, 1.54) is 0 Å². The first-order valence-corrected chi connectivity index (χ1v) is 10.8. The van der Waals surface area contributed by atoms with Gasteiger partial charge in [-0.15, -0.1) is 0 Å². The van der Waals surface area contributed by atoms with Crippen LogP contribution in [0.2, 0.25) is 0 Å². The van der Waals surface area contributed by atoms with Gasteiger partial charge in [0.05, 0.1) is 25.9 Å². The lowest BCUT2D eigenvalue weighted by molar-refractivity contribution is 0.292. The van der Waals surface area contributed by atoms with Crippen LogP contribution in [0.3, 0.4) is 0 Å². The van der Waals surface area contributed by atoms with Gasteiger partial charge in [-0.2, -0.15) is 0 Å². The van der Waals surface area contributed by atoms with E-state index in [1.54, 1.807) is 20.5 Å². The van der Waals surface area contributed by atoms with Crippen molar-refractivity contribution in [3.8, 4) is 11.5 Å². The number of anilines is 1. The molecule has 2 aromatic rings. The molecule has 1 aliphatic rings. The lowest BCUT2D eigenvalue weighted by Gasteiger charge is -2.36. The predicted molar refractivity (Wildman–Crippen MR) is 104 cm³/mol. The molecule has 9 heteroatoms. The number of aromatic nitrogens is 2. The molecule has 1 atom stereocenters. The molecule has 0 radical (unpaired) electrons. The molecule has 3 rings (SSSR count). The van der Waals surface area contributed by atoms with Crippen molar-refractivity contribution in [2.45, 2.75) is 19.8 Å². The van der Waals surface area contributed by atoms with Crippen molar-refractivity contribution in [3.63, 3.8) is 0 Å². The minimum Gasteiger partial charge on any atom is -0.493 e. The highest BCUT2D eigenvalue weighted by molar-refractivity contribution is 7.51. The van der Waals surface area contributed by atoms with Gasteiger partial charge in [0, 0.05) is 24.5 Å². The van der Waals surface area contributed by atoms with Gasteiger partial charge in [-0.1, -0.05) is 6.92 Å². The highest BCUT2D eigenvalue weighted by Crippen LogP contribution is 2.41. The van der Waals surface area contributed by atoms with Crippen molar-refractivity contribution in [2.24, 2.45) is 11.8 Å². The Morgan fingerprint density at radius 2 is 1.81 bits per heavy atom. The molecule has 0 saturated carbocycles. The fourth-order valence-electron chi connectivity index (χ4n) is 3.83. The van der Waals surface area contributed by atoms with Crippen LogP contribution in [0.15, 0.2) is 18.5 Å². The zero-order valence-corrected chi connectivity index (χ0v) is 16.7. The Balaban J connectivity index is 1.80. The summed E-state index contributed by atoms with van der Waals surface area (Å²) in [5, 5.41) is 0.900. The van der Waals surface area contributed by atoms with Gasteiger partial charge in [0.25, 0.3) is 0 Å². The van der Waals surface area contributed by atoms with Gasteiger partial charge >= 0.3 is 7.60 Å². The van der Waals surface area contributed by atoms with E-state index >= 15 is 0 Å². The lowest BCUT2D eigenvalue weighted by atomic mass is 9.86. The van der Waals surface area contributed by atoms with Gasteiger partial charge in [-0.05, 0) is 30.7 Å².